The number of carbonyl (C=O) groups is 1. The largest absolute Gasteiger partial charge is 0.394 e. The highest BCUT2D eigenvalue weighted by molar-refractivity contribution is 5.87. The maximum absolute atomic E-state index is 11.9. The van der Waals surface area contributed by atoms with Crippen LogP contribution in [-0.4, -0.2) is 85.9 Å². The highest BCUT2D eigenvalue weighted by atomic mass is 16.5. The number of hydrogen-bond acceptors (Lipinski definition) is 5. The highest BCUT2D eigenvalue weighted by Crippen LogP contribution is 2.43. The van der Waals surface area contributed by atoms with E-state index in [0.717, 1.165) is 26.0 Å². The van der Waals surface area contributed by atoms with Crippen LogP contribution in [0.3, 0.4) is 0 Å². The Balaban J connectivity index is 1.93. The van der Waals surface area contributed by atoms with Crippen LogP contribution in [-0.2, 0) is 9.53 Å². The lowest BCUT2D eigenvalue weighted by molar-refractivity contribution is -0.180. The van der Waals surface area contributed by atoms with E-state index < -0.39 is 5.54 Å². The number of morpholine rings is 1. The fourth-order valence-corrected chi connectivity index (χ4v) is 3.25. The van der Waals surface area contributed by atoms with E-state index in [1.807, 2.05) is 32.1 Å². The monoisotopic (exact) mass is 311 g/mol. The molecule has 2 aliphatic rings. The first-order valence-electron chi connectivity index (χ1n) is 7.96. The summed E-state index contributed by atoms with van der Waals surface area (Å²) in [5, 5.41) is 12.8. The van der Waals surface area contributed by atoms with Gasteiger partial charge in [0.05, 0.1) is 25.4 Å². The Labute approximate surface area is 133 Å². The molecule has 6 heteroatoms. The van der Waals surface area contributed by atoms with Crippen molar-refractivity contribution in [1.82, 2.24) is 15.1 Å². The summed E-state index contributed by atoms with van der Waals surface area (Å²) in [6.07, 6.45) is 6.78. The van der Waals surface area contributed by atoms with Gasteiger partial charge in [-0.2, -0.15) is 0 Å². The predicted octanol–water partition coefficient (Wildman–Crippen LogP) is -0.164. The van der Waals surface area contributed by atoms with E-state index in [1.54, 1.807) is 6.08 Å². The molecule has 1 atom stereocenters. The van der Waals surface area contributed by atoms with Gasteiger partial charge in [0.15, 0.2) is 0 Å². The van der Waals surface area contributed by atoms with E-state index in [4.69, 9.17) is 4.74 Å². The topological polar surface area (TPSA) is 65.0 Å². The van der Waals surface area contributed by atoms with Crippen LogP contribution in [0, 0.1) is 0 Å². The zero-order valence-electron chi connectivity index (χ0n) is 14.0. The predicted molar refractivity (Wildman–Crippen MR) is 85.7 cm³/mol. The lowest BCUT2D eigenvalue weighted by Crippen LogP contribution is -2.73. The number of aliphatic hydroxyl groups excluding tert-OH is 1. The second-order valence-corrected chi connectivity index (χ2v) is 6.89. The van der Waals surface area contributed by atoms with Gasteiger partial charge < -0.3 is 20.1 Å². The Hall–Kier alpha value is -0.950. The van der Waals surface area contributed by atoms with Gasteiger partial charge in [0, 0.05) is 24.7 Å². The molecule has 1 amide bonds. The first-order valence-corrected chi connectivity index (χ1v) is 7.96. The Morgan fingerprint density at radius 3 is 2.68 bits per heavy atom. The second kappa shape index (κ2) is 7.08. The van der Waals surface area contributed by atoms with Crippen molar-refractivity contribution in [2.75, 3.05) is 54.1 Å². The normalized spacial score (nSPS) is 28.2. The fourth-order valence-electron chi connectivity index (χ4n) is 3.25. The van der Waals surface area contributed by atoms with E-state index >= 15 is 0 Å². The summed E-state index contributed by atoms with van der Waals surface area (Å²) in [6.45, 7) is 2.27. The number of carbonyl (C=O) groups excluding carboxylic acids is 1. The standard InChI is InChI=1S/C16H29N3O3/c1-18(2)9-4-6-14(21)17-10-16(11-20)13-22-12-15(19(16)3)7-5-8-15/h4,6,20H,5,7-13H2,1-3H3,(H,17,21)/b6-4+. The minimum absolute atomic E-state index is 0.0209. The quantitative estimate of drug-likeness (QED) is 0.667. The average molecular weight is 311 g/mol. The number of rotatable bonds is 6. The molecule has 1 aliphatic carbocycles. The van der Waals surface area contributed by atoms with Gasteiger partial charge in [0.1, 0.15) is 0 Å². The van der Waals surface area contributed by atoms with E-state index in [9.17, 15) is 9.90 Å². The molecule has 1 heterocycles. The number of aliphatic hydroxyl groups is 1. The minimum Gasteiger partial charge on any atom is -0.394 e. The zero-order chi connectivity index (χ0) is 16.2. The zero-order valence-corrected chi connectivity index (χ0v) is 14.0. The maximum Gasteiger partial charge on any atom is 0.243 e. The van der Waals surface area contributed by atoms with Crippen molar-refractivity contribution in [1.29, 1.82) is 0 Å². The Morgan fingerprint density at radius 1 is 1.41 bits per heavy atom. The van der Waals surface area contributed by atoms with Gasteiger partial charge in [-0.25, -0.2) is 0 Å². The minimum atomic E-state index is -0.524. The molecule has 2 N–H and O–H groups in total. The van der Waals surface area contributed by atoms with Gasteiger partial charge >= 0.3 is 0 Å². The van der Waals surface area contributed by atoms with E-state index in [2.05, 4.69) is 10.2 Å². The van der Waals surface area contributed by atoms with Crippen molar-refractivity contribution in [3.63, 3.8) is 0 Å². The third-order valence-electron chi connectivity index (χ3n) is 5.07. The van der Waals surface area contributed by atoms with Crippen LogP contribution in [0.15, 0.2) is 12.2 Å². The van der Waals surface area contributed by atoms with Crippen LogP contribution < -0.4 is 5.32 Å². The number of amides is 1. The van der Waals surface area contributed by atoms with E-state index in [-0.39, 0.29) is 18.1 Å². The van der Waals surface area contributed by atoms with Crippen LogP contribution in [0.4, 0.5) is 0 Å². The van der Waals surface area contributed by atoms with Crippen molar-refractivity contribution >= 4 is 5.91 Å². The lowest BCUT2D eigenvalue weighted by atomic mass is 9.72. The summed E-state index contributed by atoms with van der Waals surface area (Å²) in [6, 6.07) is 0. The van der Waals surface area contributed by atoms with Crippen LogP contribution in [0.1, 0.15) is 19.3 Å². The average Bonchev–Trinajstić information content (AvgIpc) is 2.44. The number of ether oxygens (including phenoxy) is 1. The first-order chi connectivity index (χ1) is 10.4. The molecule has 6 nitrogen and oxygen atoms in total. The number of nitrogens with one attached hydrogen (secondary N) is 1. The van der Waals surface area contributed by atoms with Gasteiger partial charge in [0.25, 0.3) is 0 Å². The third kappa shape index (κ3) is 3.51. The highest BCUT2D eigenvalue weighted by Gasteiger charge is 2.53. The summed E-state index contributed by atoms with van der Waals surface area (Å²) >= 11 is 0. The second-order valence-electron chi connectivity index (χ2n) is 6.89. The summed E-state index contributed by atoms with van der Waals surface area (Å²) in [7, 11) is 5.96. The van der Waals surface area contributed by atoms with Crippen LogP contribution in [0.5, 0.6) is 0 Å². The molecule has 1 unspecified atom stereocenters. The van der Waals surface area contributed by atoms with Crippen molar-refractivity contribution in [2.24, 2.45) is 0 Å². The van der Waals surface area contributed by atoms with Crippen LogP contribution in [0.2, 0.25) is 0 Å². The van der Waals surface area contributed by atoms with Gasteiger partial charge in [0.2, 0.25) is 5.91 Å². The molecule has 1 spiro atoms. The summed E-state index contributed by atoms with van der Waals surface area (Å²) < 4.78 is 5.77. The molecule has 1 saturated carbocycles. The van der Waals surface area contributed by atoms with E-state index in [0.29, 0.717) is 13.2 Å². The van der Waals surface area contributed by atoms with Crippen molar-refractivity contribution in [3.05, 3.63) is 12.2 Å². The molecule has 0 bridgehead atoms. The maximum atomic E-state index is 11.9. The molecule has 2 fully saturated rings. The van der Waals surface area contributed by atoms with Gasteiger partial charge in [-0.15, -0.1) is 0 Å². The number of hydrogen-bond donors (Lipinski definition) is 2. The van der Waals surface area contributed by atoms with Gasteiger partial charge in [-0.1, -0.05) is 6.08 Å². The lowest BCUT2D eigenvalue weighted by Gasteiger charge is -2.59. The van der Waals surface area contributed by atoms with Gasteiger partial charge in [-0.05, 0) is 40.4 Å². The first kappa shape index (κ1) is 17.4. The summed E-state index contributed by atoms with van der Waals surface area (Å²) in [5.74, 6) is -0.128. The van der Waals surface area contributed by atoms with E-state index in [1.165, 1.54) is 6.42 Å². The molecule has 22 heavy (non-hydrogen) atoms. The smallest absolute Gasteiger partial charge is 0.243 e. The number of likely N-dealkylation sites (N-methyl/N-ethyl adjacent to an activating group) is 2. The molecular weight excluding hydrogens is 282 g/mol. The number of nitrogens with zero attached hydrogens (tertiary/aromatic N) is 2. The van der Waals surface area contributed by atoms with Crippen LogP contribution in [0.25, 0.3) is 0 Å². The molecular formula is C16H29N3O3. The third-order valence-corrected chi connectivity index (χ3v) is 5.07. The summed E-state index contributed by atoms with van der Waals surface area (Å²) in [5.41, 5.74) is -0.476. The van der Waals surface area contributed by atoms with Crippen LogP contribution >= 0.6 is 0 Å². The molecule has 0 aromatic heterocycles. The van der Waals surface area contributed by atoms with Crippen molar-refractivity contribution in [3.8, 4) is 0 Å². The fraction of sp³-hybridized carbons (Fsp3) is 0.812. The molecule has 1 saturated heterocycles. The summed E-state index contributed by atoms with van der Waals surface area (Å²) in [4.78, 5) is 16.2. The van der Waals surface area contributed by atoms with Gasteiger partial charge in [-0.3, -0.25) is 9.69 Å². The molecule has 126 valence electrons. The molecule has 1 aliphatic heterocycles. The molecule has 0 radical (unpaired) electrons. The molecule has 0 aromatic rings. The molecule has 0 aromatic carbocycles. The van der Waals surface area contributed by atoms with Crippen molar-refractivity contribution in [2.45, 2.75) is 30.3 Å². The Morgan fingerprint density at radius 2 is 2.14 bits per heavy atom. The molecule has 2 rings (SSSR count). The SMILES string of the molecule is CN(C)C/C=C/C(=O)NCC1(CO)COCC2(CCC2)N1C. The Kier molecular flexibility index (Phi) is 5.60. The Bertz CT molecular complexity index is 421. The van der Waals surface area contributed by atoms with Crippen molar-refractivity contribution < 1.29 is 14.6 Å².